The lowest BCUT2D eigenvalue weighted by atomic mass is 9.87. The van der Waals surface area contributed by atoms with Gasteiger partial charge in [0.25, 0.3) is 0 Å². The van der Waals surface area contributed by atoms with Crippen LogP contribution in [0.25, 0.3) is 0 Å². The van der Waals surface area contributed by atoms with Crippen LogP contribution in [0.15, 0.2) is 48.5 Å². The van der Waals surface area contributed by atoms with Gasteiger partial charge in [-0.05, 0) is 49.4 Å². The highest BCUT2D eigenvalue weighted by Gasteiger charge is 2.23. The van der Waals surface area contributed by atoms with Crippen LogP contribution in [0.3, 0.4) is 0 Å². The van der Waals surface area contributed by atoms with Gasteiger partial charge in [-0.15, -0.1) is 0 Å². The van der Waals surface area contributed by atoms with E-state index in [9.17, 15) is 9.18 Å². The largest absolute Gasteiger partial charge is 0.322 e. The van der Waals surface area contributed by atoms with Gasteiger partial charge in [-0.3, -0.25) is 10.1 Å². The molecule has 0 unspecified atom stereocenters. The lowest BCUT2D eigenvalue weighted by Crippen LogP contribution is -2.41. The number of aryl methyl sites for hydroxylation is 1. The summed E-state index contributed by atoms with van der Waals surface area (Å²) in [4.78, 5) is 12.3. The number of fused-ring (bicyclic) bond motifs is 1. The maximum Gasteiger partial charge on any atom is 0.241 e. The molecule has 23 heavy (non-hydrogen) atoms. The molecule has 0 aliphatic heterocycles. The van der Waals surface area contributed by atoms with Crippen molar-refractivity contribution in [2.24, 2.45) is 0 Å². The number of anilines is 1. The molecule has 4 heteroatoms. The first-order chi connectivity index (χ1) is 11.1. The number of carbonyl (C=O) groups is 1. The first-order valence-electron chi connectivity index (χ1n) is 8.04. The van der Waals surface area contributed by atoms with Gasteiger partial charge >= 0.3 is 0 Å². The monoisotopic (exact) mass is 312 g/mol. The van der Waals surface area contributed by atoms with E-state index in [2.05, 4.69) is 28.8 Å². The highest BCUT2D eigenvalue weighted by atomic mass is 19.1. The minimum Gasteiger partial charge on any atom is -0.322 e. The number of carbonyl (C=O) groups excluding carboxylic acids is 1. The lowest BCUT2D eigenvalue weighted by Gasteiger charge is -2.29. The van der Waals surface area contributed by atoms with E-state index in [0.29, 0.717) is 0 Å². The number of halogens is 1. The summed E-state index contributed by atoms with van der Waals surface area (Å²) < 4.78 is 13.6. The van der Waals surface area contributed by atoms with Gasteiger partial charge in [0, 0.05) is 6.04 Å². The molecule has 0 fully saturated rings. The fourth-order valence-corrected chi connectivity index (χ4v) is 3.11. The Bertz CT molecular complexity index is 701. The van der Waals surface area contributed by atoms with Gasteiger partial charge < -0.3 is 5.32 Å². The fourth-order valence-electron chi connectivity index (χ4n) is 3.11. The quantitative estimate of drug-likeness (QED) is 0.901. The van der Waals surface area contributed by atoms with Crippen molar-refractivity contribution in [1.29, 1.82) is 0 Å². The number of rotatable bonds is 4. The zero-order chi connectivity index (χ0) is 16.2. The molecule has 0 heterocycles. The van der Waals surface area contributed by atoms with Crippen molar-refractivity contribution in [1.82, 2.24) is 5.32 Å². The first-order valence-corrected chi connectivity index (χ1v) is 8.04. The molecule has 1 aliphatic carbocycles. The molecule has 2 atom stereocenters. The van der Waals surface area contributed by atoms with Gasteiger partial charge in [0.2, 0.25) is 5.91 Å². The van der Waals surface area contributed by atoms with Crippen LogP contribution in [0, 0.1) is 5.82 Å². The fraction of sp³-hybridized carbons (Fsp3) is 0.316. The molecule has 0 aromatic heterocycles. The van der Waals surface area contributed by atoms with Crippen LogP contribution in [-0.4, -0.2) is 11.9 Å². The molecule has 3 nitrogen and oxygen atoms in total. The molecule has 3 rings (SSSR count). The third-order valence-electron chi connectivity index (χ3n) is 4.35. The molecule has 0 spiro atoms. The summed E-state index contributed by atoms with van der Waals surface area (Å²) in [7, 11) is 0. The van der Waals surface area contributed by atoms with E-state index in [1.54, 1.807) is 18.2 Å². The number of hydrogen-bond donors (Lipinski definition) is 2. The summed E-state index contributed by atoms with van der Waals surface area (Å²) in [5.41, 5.74) is 2.83. The van der Waals surface area contributed by atoms with E-state index in [0.717, 1.165) is 19.3 Å². The van der Waals surface area contributed by atoms with Crippen LogP contribution in [0.1, 0.15) is 36.9 Å². The standard InChI is InChI=1S/C19H21FN2O/c1-13(19(23)22-18-11-5-4-10-16(18)20)21-17-12-6-8-14-7-2-3-9-15(14)17/h2-5,7,9-11,13,17,21H,6,8,12H2,1H3,(H,22,23)/t13-,17+/m1/s1. The van der Waals surface area contributed by atoms with E-state index >= 15 is 0 Å². The van der Waals surface area contributed by atoms with Crippen LogP contribution in [0.4, 0.5) is 10.1 Å². The molecular weight excluding hydrogens is 291 g/mol. The summed E-state index contributed by atoms with van der Waals surface area (Å²) >= 11 is 0. The highest BCUT2D eigenvalue weighted by molar-refractivity contribution is 5.94. The normalized spacial score (nSPS) is 18.1. The topological polar surface area (TPSA) is 41.1 Å². The molecular formula is C19H21FN2O. The molecule has 0 saturated carbocycles. The van der Waals surface area contributed by atoms with E-state index < -0.39 is 11.9 Å². The Kier molecular flexibility index (Phi) is 4.72. The van der Waals surface area contributed by atoms with Crippen molar-refractivity contribution in [2.45, 2.75) is 38.3 Å². The van der Waals surface area contributed by atoms with Gasteiger partial charge in [0.1, 0.15) is 5.82 Å². The molecule has 2 aromatic carbocycles. The molecule has 0 radical (unpaired) electrons. The number of benzene rings is 2. The maximum atomic E-state index is 13.6. The molecule has 2 N–H and O–H groups in total. The van der Waals surface area contributed by atoms with Crippen LogP contribution in [0.2, 0.25) is 0 Å². The first kappa shape index (κ1) is 15.7. The van der Waals surface area contributed by atoms with Crippen LogP contribution >= 0.6 is 0 Å². The average molecular weight is 312 g/mol. The Balaban J connectivity index is 1.67. The highest BCUT2D eigenvalue weighted by Crippen LogP contribution is 2.29. The smallest absolute Gasteiger partial charge is 0.241 e. The zero-order valence-corrected chi connectivity index (χ0v) is 13.2. The van der Waals surface area contributed by atoms with Crippen molar-refractivity contribution in [3.63, 3.8) is 0 Å². The lowest BCUT2D eigenvalue weighted by molar-refractivity contribution is -0.118. The van der Waals surface area contributed by atoms with Crippen molar-refractivity contribution in [3.8, 4) is 0 Å². The second kappa shape index (κ2) is 6.92. The minimum absolute atomic E-state index is 0.168. The van der Waals surface area contributed by atoms with E-state index in [1.807, 2.05) is 13.0 Å². The van der Waals surface area contributed by atoms with Gasteiger partial charge in [0.15, 0.2) is 0 Å². The van der Waals surface area contributed by atoms with Gasteiger partial charge in [-0.2, -0.15) is 0 Å². The van der Waals surface area contributed by atoms with Crippen molar-refractivity contribution in [3.05, 3.63) is 65.5 Å². The zero-order valence-electron chi connectivity index (χ0n) is 13.2. The number of nitrogens with one attached hydrogen (secondary N) is 2. The predicted molar refractivity (Wildman–Crippen MR) is 89.7 cm³/mol. The van der Waals surface area contributed by atoms with E-state index in [4.69, 9.17) is 0 Å². The van der Waals surface area contributed by atoms with E-state index in [-0.39, 0.29) is 17.6 Å². The van der Waals surface area contributed by atoms with Gasteiger partial charge in [-0.1, -0.05) is 36.4 Å². The number of hydrogen-bond acceptors (Lipinski definition) is 2. The molecule has 0 saturated heterocycles. The van der Waals surface area contributed by atoms with Gasteiger partial charge in [0.05, 0.1) is 11.7 Å². The van der Waals surface area contributed by atoms with Crippen molar-refractivity contribution in [2.75, 3.05) is 5.32 Å². The summed E-state index contributed by atoms with van der Waals surface area (Å²) in [6.45, 7) is 1.81. The molecule has 1 aliphatic rings. The molecule has 2 aromatic rings. The average Bonchev–Trinajstić information content (AvgIpc) is 2.57. The maximum absolute atomic E-state index is 13.6. The summed E-state index contributed by atoms with van der Waals surface area (Å²) in [6.07, 6.45) is 3.20. The van der Waals surface area contributed by atoms with Crippen LogP contribution < -0.4 is 10.6 Å². The van der Waals surface area contributed by atoms with Crippen LogP contribution in [-0.2, 0) is 11.2 Å². The molecule has 1 amide bonds. The Morgan fingerprint density at radius 2 is 1.91 bits per heavy atom. The Labute approximate surface area is 135 Å². The SMILES string of the molecule is C[C@@H](N[C@H]1CCCc2ccccc21)C(=O)Nc1ccccc1F. The summed E-state index contributed by atoms with van der Waals surface area (Å²) in [6, 6.07) is 14.3. The number of para-hydroxylation sites is 1. The summed E-state index contributed by atoms with van der Waals surface area (Å²) in [5.74, 6) is -0.644. The third-order valence-corrected chi connectivity index (χ3v) is 4.35. The Morgan fingerprint density at radius 1 is 1.17 bits per heavy atom. The van der Waals surface area contributed by atoms with Crippen LogP contribution in [0.5, 0.6) is 0 Å². The minimum atomic E-state index is -0.420. The number of amides is 1. The predicted octanol–water partition coefficient (Wildman–Crippen LogP) is 3.82. The second-order valence-corrected chi connectivity index (χ2v) is 6.00. The Morgan fingerprint density at radius 3 is 2.74 bits per heavy atom. The second-order valence-electron chi connectivity index (χ2n) is 6.00. The van der Waals surface area contributed by atoms with Crippen molar-refractivity contribution >= 4 is 11.6 Å². The molecule has 0 bridgehead atoms. The Hall–Kier alpha value is -2.20. The van der Waals surface area contributed by atoms with Crippen molar-refractivity contribution < 1.29 is 9.18 Å². The van der Waals surface area contributed by atoms with E-state index in [1.165, 1.54) is 17.2 Å². The summed E-state index contributed by atoms with van der Waals surface area (Å²) in [5, 5.41) is 6.03. The van der Waals surface area contributed by atoms with Gasteiger partial charge in [-0.25, -0.2) is 4.39 Å². The molecule has 120 valence electrons. The third kappa shape index (κ3) is 3.59.